The summed E-state index contributed by atoms with van der Waals surface area (Å²) in [4.78, 5) is 10.1. The van der Waals surface area contributed by atoms with E-state index in [9.17, 15) is 10.1 Å². The van der Waals surface area contributed by atoms with Gasteiger partial charge in [-0.1, -0.05) is 0 Å². The molecule has 6 heteroatoms. The molecule has 1 aromatic carbocycles. The molecule has 0 saturated heterocycles. The number of nitrogens with zero attached hydrogens (tertiary/aromatic N) is 1. The van der Waals surface area contributed by atoms with Crippen LogP contribution in [0.3, 0.4) is 0 Å². The summed E-state index contributed by atoms with van der Waals surface area (Å²) in [5.41, 5.74) is 7.25. The predicted octanol–water partition coefficient (Wildman–Crippen LogP) is 1.01. The Hall–Kier alpha value is -1.98. The second-order valence-corrected chi connectivity index (χ2v) is 3.03. The molecule has 2 rings (SSSR count). The average Bonchev–Trinajstić information content (AvgIpc) is 2.18. The highest BCUT2D eigenvalue weighted by atomic mass is 16.6. The lowest BCUT2D eigenvalue weighted by Crippen LogP contribution is -2.21. The van der Waals surface area contributed by atoms with E-state index in [1.165, 1.54) is 6.07 Å². The lowest BCUT2D eigenvalue weighted by atomic mass is 10.1. The van der Waals surface area contributed by atoms with Crippen LogP contribution in [0.5, 0.6) is 0 Å². The van der Waals surface area contributed by atoms with Gasteiger partial charge in [-0.25, -0.2) is 0 Å². The number of nitrogens with one attached hydrogen (secondary N) is 2. The van der Waals surface area contributed by atoms with E-state index in [-0.39, 0.29) is 11.4 Å². The first-order valence-electron chi connectivity index (χ1n) is 4.25. The molecule has 0 bridgehead atoms. The molecule has 1 heterocycles. The highest BCUT2D eigenvalue weighted by molar-refractivity contribution is 5.88. The van der Waals surface area contributed by atoms with Gasteiger partial charge >= 0.3 is 0 Å². The first kappa shape index (κ1) is 8.61. The van der Waals surface area contributed by atoms with Crippen LogP contribution >= 0.6 is 0 Å². The van der Waals surface area contributed by atoms with Gasteiger partial charge in [-0.15, -0.1) is 0 Å². The van der Waals surface area contributed by atoms with Gasteiger partial charge in [0.15, 0.2) is 0 Å². The first-order valence-corrected chi connectivity index (χ1v) is 4.25. The Balaban J connectivity index is 2.54. The minimum absolute atomic E-state index is 0.0556. The van der Waals surface area contributed by atoms with E-state index in [4.69, 9.17) is 5.73 Å². The zero-order valence-electron chi connectivity index (χ0n) is 7.41. The van der Waals surface area contributed by atoms with E-state index in [1.54, 1.807) is 6.07 Å². The van der Waals surface area contributed by atoms with Crippen LogP contribution in [0.25, 0.3) is 0 Å². The Morgan fingerprint density at radius 1 is 1.36 bits per heavy atom. The summed E-state index contributed by atoms with van der Waals surface area (Å²) in [6, 6.07) is 3.07. The maximum absolute atomic E-state index is 10.6. The van der Waals surface area contributed by atoms with E-state index in [2.05, 4.69) is 10.6 Å². The standard InChI is InChI=1S/C8H10N4O2/c9-7-6(12(13)14)2-1-5-8(7)11-4-3-10-5/h1-2,10-11H,3-4,9H2. The summed E-state index contributed by atoms with van der Waals surface area (Å²) in [7, 11) is 0. The maximum atomic E-state index is 10.6. The van der Waals surface area contributed by atoms with E-state index in [0.29, 0.717) is 5.69 Å². The van der Waals surface area contributed by atoms with Crippen molar-refractivity contribution in [3.8, 4) is 0 Å². The molecule has 74 valence electrons. The van der Waals surface area contributed by atoms with Crippen molar-refractivity contribution in [2.24, 2.45) is 0 Å². The van der Waals surface area contributed by atoms with Crippen molar-refractivity contribution in [2.75, 3.05) is 29.5 Å². The summed E-state index contributed by atoms with van der Waals surface area (Å²) < 4.78 is 0. The van der Waals surface area contributed by atoms with Gasteiger partial charge in [-0.2, -0.15) is 0 Å². The van der Waals surface area contributed by atoms with Crippen molar-refractivity contribution in [1.82, 2.24) is 0 Å². The molecule has 0 unspecified atom stereocenters. The molecule has 0 radical (unpaired) electrons. The number of fused-ring (bicyclic) bond motifs is 1. The van der Waals surface area contributed by atoms with Crippen molar-refractivity contribution < 1.29 is 4.92 Å². The Bertz CT molecular complexity index is 391. The predicted molar refractivity (Wildman–Crippen MR) is 54.5 cm³/mol. The van der Waals surface area contributed by atoms with Crippen molar-refractivity contribution >= 4 is 22.7 Å². The van der Waals surface area contributed by atoms with Crippen molar-refractivity contribution in [3.63, 3.8) is 0 Å². The Kier molecular flexibility index (Phi) is 1.88. The molecule has 0 atom stereocenters. The molecule has 0 aliphatic carbocycles. The Labute approximate surface area is 80.2 Å². The topological polar surface area (TPSA) is 93.2 Å². The second kappa shape index (κ2) is 3.06. The van der Waals surface area contributed by atoms with Crippen LogP contribution in [0.2, 0.25) is 0 Å². The summed E-state index contributed by atoms with van der Waals surface area (Å²) >= 11 is 0. The monoisotopic (exact) mass is 194 g/mol. The van der Waals surface area contributed by atoms with E-state index in [0.717, 1.165) is 18.8 Å². The number of nitro benzene ring substituents is 1. The van der Waals surface area contributed by atoms with Gasteiger partial charge in [0.25, 0.3) is 5.69 Å². The fourth-order valence-electron chi connectivity index (χ4n) is 1.49. The van der Waals surface area contributed by atoms with Crippen LogP contribution in [-0.4, -0.2) is 18.0 Å². The molecule has 1 aliphatic heterocycles. The SMILES string of the molecule is Nc1c([N+](=O)[O-])ccc2c1NCCN2. The molecular formula is C8H10N4O2. The largest absolute Gasteiger partial charge is 0.391 e. The van der Waals surface area contributed by atoms with E-state index in [1.807, 2.05) is 0 Å². The minimum atomic E-state index is -0.480. The van der Waals surface area contributed by atoms with Gasteiger partial charge in [-0.05, 0) is 6.07 Å². The summed E-state index contributed by atoms with van der Waals surface area (Å²) in [6.07, 6.45) is 0. The van der Waals surface area contributed by atoms with Gasteiger partial charge < -0.3 is 16.4 Å². The Morgan fingerprint density at radius 2 is 2.07 bits per heavy atom. The van der Waals surface area contributed by atoms with Crippen molar-refractivity contribution in [3.05, 3.63) is 22.2 Å². The number of benzene rings is 1. The van der Waals surface area contributed by atoms with Crippen LogP contribution in [0.15, 0.2) is 12.1 Å². The number of nitrogen functional groups attached to an aromatic ring is 1. The number of nitro groups is 1. The molecule has 0 saturated carbocycles. The van der Waals surface area contributed by atoms with E-state index < -0.39 is 4.92 Å². The number of hydrogen-bond acceptors (Lipinski definition) is 5. The van der Waals surface area contributed by atoms with Gasteiger partial charge in [0.05, 0.1) is 16.3 Å². The molecule has 4 N–H and O–H groups in total. The highest BCUT2D eigenvalue weighted by Gasteiger charge is 2.19. The van der Waals surface area contributed by atoms with E-state index >= 15 is 0 Å². The lowest BCUT2D eigenvalue weighted by molar-refractivity contribution is -0.383. The van der Waals surface area contributed by atoms with Crippen molar-refractivity contribution in [1.29, 1.82) is 0 Å². The number of hydrogen-bond donors (Lipinski definition) is 3. The zero-order chi connectivity index (χ0) is 10.1. The van der Waals surface area contributed by atoms with Crippen LogP contribution in [-0.2, 0) is 0 Å². The van der Waals surface area contributed by atoms with Gasteiger partial charge in [0.1, 0.15) is 5.69 Å². The molecular weight excluding hydrogens is 184 g/mol. The third-order valence-corrected chi connectivity index (χ3v) is 2.16. The number of nitrogens with two attached hydrogens (primary N) is 1. The maximum Gasteiger partial charge on any atom is 0.294 e. The van der Waals surface area contributed by atoms with Gasteiger partial charge in [0.2, 0.25) is 0 Å². The van der Waals surface area contributed by atoms with Crippen molar-refractivity contribution in [2.45, 2.75) is 0 Å². The molecule has 0 aromatic heterocycles. The third-order valence-electron chi connectivity index (χ3n) is 2.16. The molecule has 0 amide bonds. The molecule has 0 spiro atoms. The normalized spacial score (nSPS) is 13.7. The zero-order valence-corrected chi connectivity index (χ0v) is 7.41. The molecule has 1 aliphatic rings. The summed E-state index contributed by atoms with van der Waals surface area (Å²) in [5, 5.41) is 16.7. The summed E-state index contributed by atoms with van der Waals surface area (Å²) in [6.45, 7) is 1.52. The first-order chi connectivity index (χ1) is 6.70. The third kappa shape index (κ3) is 1.20. The number of anilines is 3. The smallest absolute Gasteiger partial charge is 0.294 e. The quantitative estimate of drug-likeness (QED) is 0.352. The fourth-order valence-corrected chi connectivity index (χ4v) is 1.49. The summed E-state index contributed by atoms with van der Waals surface area (Å²) in [5.74, 6) is 0. The lowest BCUT2D eigenvalue weighted by Gasteiger charge is -2.20. The highest BCUT2D eigenvalue weighted by Crippen LogP contribution is 2.36. The van der Waals surface area contributed by atoms with Gasteiger partial charge in [0, 0.05) is 19.2 Å². The molecule has 1 aromatic rings. The second-order valence-electron chi connectivity index (χ2n) is 3.03. The molecule has 6 nitrogen and oxygen atoms in total. The van der Waals surface area contributed by atoms with Crippen LogP contribution in [0.1, 0.15) is 0 Å². The Morgan fingerprint density at radius 3 is 2.79 bits per heavy atom. The van der Waals surface area contributed by atoms with Crippen LogP contribution in [0, 0.1) is 10.1 Å². The van der Waals surface area contributed by atoms with Crippen LogP contribution in [0.4, 0.5) is 22.7 Å². The minimum Gasteiger partial charge on any atom is -0.391 e. The molecule has 0 fully saturated rings. The average molecular weight is 194 g/mol. The van der Waals surface area contributed by atoms with Gasteiger partial charge in [-0.3, -0.25) is 10.1 Å². The molecule has 14 heavy (non-hydrogen) atoms. The van der Waals surface area contributed by atoms with Crippen LogP contribution < -0.4 is 16.4 Å². The fraction of sp³-hybridized carbons (Fsp3) is 0.250. The number of rotatable bonds is 1.